The summed E-state index contributed by atoms with van der Waals surface area (Å²) in [5.74, 6) is 6.25. The quantitative estimate of drug-likeness (QED) is 0.496. The molecule has 1 saturated heterocycles. The van der Waals surface area contributed by atoms with E-state index in [0.717, 1.165) is 24.2 Å². The van der Waals surface area contributed by atoms with Gasteiger partial charge in [-0.05, 0) is 97.6 Å². The fourth-order valence-corrected chi connectivity index (χ4v) is 11.7. The van der Waals surface area contributed by atoms with Gasteiger partial charge < -0.3 is 10.0 Å². The highest BCUT2D eigenvalue weighted by atomic mass is 32.2. The number of fused-ring (bicyclic) bond motifs is 5. The molecule has 1 aromatic carbocycles. The Morgan fingerprint density at radius 3 is 2.44 bits per heavy atom. The van der Waals surface area contributed by atoms with Crippen molar-refractivity contribution in [2.45, 2.75) is 68.0 Å². The normalized spacial score (nSPS) is 42.2. The van der Waals surface area contributed by atoms with Crippen molar-refractivity contribution in [1.29, 1.82) is 0 Å². The van der Waals surface area contributed by atoms with Gasteiger partial charge in [-0.1, -0.05) is 30.7 Å². The van der Waals surface area contributed by atoms with Crippen molar-refractivity contribution in [2.75, 3.05) is 30.5 Å². The molecule has 32 heavy (non-hydrogen) atoms. The Kier molecular flexibility index (Phi) is 5.47. The van der Waals surface area contributed by atoms with Gasteiger partial charge in [0.2, 0.25) is 0 Å². The molecular formula is C28H39NOS2. The number of nitrogens with zero attached hydrogens (tertiary/aromatic N) is 1. The molecule has 3 saturated carbocycles. The van der Waals surface area contributed by atoms with E-state index in [-0.39, 0.29) is 11.5 Å². The smallest absolute Gasteiger partial charge is 0.0794 e. The van der Waals surface area contributed by atoms with Gasteiger partial charge in [-0.2, -0.15) is 0 Å². The van der Waals surface area contributed by atoms with Crippen LogP contribution < -0.4 is 4.90 Å². The monoisotopic (exact) mass is 469 g/mol. The molecule has 0 amide bonds. The van der Waals surface area contributed by atoms with Crippen molar-refractivity contribution in [1.82, 2.24) is 0 Å². The van der Waals surface area contributed by atoms with E-state index < -0.39 is 0 Å². The zero-order valence-electron chi connectivity index (χ0n) is 19.9. The number of allylic oxidation sites excluding steroid dienone is 1. The molecule has 4 heteroatoms. The molecule has 1 N–H and O–H groups in total. The Balaban J connectivity index is 1.39. The van der Waals surface area contributed by atoms with E-state index in [0.29, 0.717) is 15.9 Å². The van der Waals surface area contributed by atoms with Gasteiger partial charge in [0, 0.05) is 31.3 Å². The number of rotatable bonds is 2. The maximum absolute atomic E-state index is 11.1. The van der Waals surface area contributed by atoms with Gasteiger partial charge in [-0.15, -0.1) is 23.5 Å². The van der Waals surface area contributed by atoms with Gasteiger partial charge in [-0.3, -0.25) is 0 Å². The third-order valence-corrected chi connectivity index (χ3v) is 13.4. The van der Waals surface area contributed by atoms with Gasteiger partial charge >= 0.3 is 0 Å². The van der Waals surface area contributed by atoms with Crippen LogP contribution in [0.3, 0.4) is 0 Å². The van der Waals surface area contributed by atoms with E-state index in [2.05, 4.69) is 79.8 Å². The van der Waals surface area contributed by atoms with Gasteiger partial charge in [0.15, 0.2) is 0 Å². The number of benzene rings is 1. The molecule has 0 radical (unpaired) electrons. The standard InChI is InChI=1S/C28H39NOS2/c1-27-17-23(18-4-7-20(8-5-18)29(2)3)26-21-12-13-28(31-14-15-32-28)16-19(21)6-9-22(26)24(27)10-11-25(27)30/h4-5,7-8,16,21-26,30H,6,9-15,17H2,1-3H3/t21-,22-,23+,24-,25?,26+,27-/m0/s1. The van der Waals surface area contributed by atoms with Crippen LogP contribution in [-0.4, -0.2) is 40.9 Å². The highest BCUT2D eigenvalue weighted by molar-refractivity contribution is 8.21. The van der Waals surface area contributed by atoms with E-state index >= 15 is 0 Å². The maximum Gasteiger partial charge on any atom is 0.0794 e. The third-order valence-electron chi connectivity index (χ3n) is 10.0. The fourth-order valence-electron chi connectivity index (χ4n) is 8.48. The summed E-state index contributed by atoms with van der Waals surface area (Å²) < 4.78 is 0.397. The number of hydrogen-bond donors (Lipinski definition) is 1. The Morgan fingerprint density at radius 1 is 0.969 bits per heavy atom. The summed E-state index contributed by atoms with van der Waals surface area (Å²) in [6, 6.07) is 9.44. The lowest BCUT2D eigenvalue weighted by Gasteiger charge is -2.57. The van der Waals surface area contributed by atoms with Crippen LogP contribution in [0, 0.1) is 29.1 Å². The lowest BCUT2D eigenvalue weighted by molar-refractivity contribution is -0.0659. The summed E-state index contributed by atoms with van der Waals surface area (Å²) in [5, 5.41) is 11.1. The second-order valence-electron chi connectivity index (χ2n) is 11.7. The predicted molar refractivity (Wildman–Crippen MR) is 140 cm³/mol. The summed E-state index contributed by atoms with van der Waals surface area (Å²) >= 11 is 4.43. The van der Waals surface area contributed by atoms with Crippen molar-refractivity contribution >= 4 is 29.2 Å². The van der Waals surface area contributed by atoms with Crippen LogP contribution in [0.2, 0.25) is 0 Å². The zero-order valence-corrected chi connectivity index (χ0v) is 21.6. The fraction of sp³-hybridized carbons (Fsp3) is 0.714. The second-order valence-corrected chi connectivity index (χ2v) is 14.8. The molecule has 1 unspecified atom stereocenters. The predicted octanol–water partition coefficient (Wildman–Crippen LogP) is 6.56. The second kappa shape index (κ2) is 7.99. The van der Waals surface area contributed by atoms with Crippen LogP contribution >= 0.6 is 23.5 Å². The minimum Gasteiger partial charge on any atom is -0.393 e. The van der Waals surface area contributed by atoms with Gasteiger partial charge in [-0.25, -0.2) is 0 Å². The first-order valence-corrected chi connectivity index (χ1v) is 14.8. The molecule has 0 bridgehead atoms. The third kappa shape index (κ3) is 3.33. The maximum atomic E-state index is 11.1. The Morgan fingerprint density at radius 2 is 1.72 bits per heavy atom. The summed E-state index contributed by atoms with van der Waals surface area (Å²) in [7, 11) is 4.25. The van der Waals surface area contributed by atoms with E-state index in [1.54, 1.807) is 5.57 Å². The summed E-state index contributed by atoms with van der Waals surface area (Å²) in [5.41, 5.74) is 4.71. The average molecular weight is 470 g/mol. The van der Waals surface area contributed by atoms with E-state index in [1.807, 2.05) is 0 Å². The van der Waals surface area contributed by atoms with E-state index in [9.17, 15) is 5.11 Å². The summed E-state index contributed by atoms with van der Waals surface area (Å²) in [6.07, 6.45) is 11.5. The molecule has 174 valence electrons. The SMILES string of the molecule is CN(C)c1ccc([C@H]2C[C@]3(C)C(O)CC[C@H]3[C@@H]3CCC4=CC5(CC[C@@H]4[C@H]32)SCCS5)cc1. The van der Waals surface area contributed by atoms with Crippen LogP contribution in [-0.2, 0) is 0 Å². The van der Waals surface area contributed by atoms with Crippen LogP contribution in [0.25, 0.3) is 0 Å². The number of anilines is 1. The average Bonchev–Trinajstić information content (AvgIpc) is 3.37. The highest BCUT2D eigenvalue weighted by Crippen LogP contribution is 2.67. The molecule has 4 aliphatic carbocycles. The summed E-state index contributed by atoms with van der Waals surface area (Å²) in [6.45, 7) is 2.43. The van der Waals surface area contributed by atoms with E-state index in [4.69, 9.17) is 0 Å². The van der Waals surface area contributed by atoms with Crippen LogP contribution in [0.1, 0.15) is 63.4 Å². The van der Waals surface area contributed by atoms with Gasteiger partial charge in [0.05, 0.1) is 10.2 Å². The first-order valence-electron chi connectivity index (χ1n) is 12.9. The number of thioether (sulfide) groups is 2. The van der Waals surface area contributed by atoms with Gasteiger partial charge in [0.1, 0.15) is 0 Å². The Hall–Kier alpha value is -0.580. The van der Waals surface area contributed by atoms with Crippen molar-refractivity contribution in [2.24, 2.45) is 29.1 Å². The molecule has 1 aliphatic heterocycles. The molecule has 4 fully saturated rings. The first kappa shape index (κ1) is 21.9. The minimum atomic E-state index is -0.116. The molecule has 6 rings (SSSR count). The highest BCUT2D eigenvalue weighted by Gasteiger charge is 2.59. The van der Waals surface area contributed by atoms with Crippen LogP contribution in [0.5, 0.6) is 0 Å². The molecule has 1 spiro atoms. The van der Waals surface area contributed by atoms with Crippen molar-refractivity contribution in [3.05, 3.63) is 41.5 Å². The zero-order chi connectivity index (χ0) is 22.1. The molecule has 7 atom stereocenters. The molecule has 5 aliphatic rings. The topological polar surface area (TPSA) is 23.5 Å². The molecular weight excluding hydrogens is 430 g/mol. The molecule has 0 aromatic heterocycles. The molecule has 2 nitrogen and oxygen atoms in total. The van der Waals surface area contributed by atoms with Crippen molar-refractivity contribution in [3.8, 4) is 0 Å². The lowest BCUT2D eigenvalue weighted by atomic mass is 9.48. The van der Waals surface area contributed by atoms with Crippen LogP contribution in [0.15, 0.2) is 35.9 Å². The summed E-state index contributed by atoms with van der Waals surface area (Å²) in [4.78, 5) is 2.20. The van der Waals surface area contributed by atoms with Crippen LogP contribution in [0.4, 0.5) is 5.69 Å². The largest absolute Gasteiger partial charge is 0.393 e. The molecule has 1 aromatic rings. The Bertz CT molecular complexity index is 889. The van der Waals surface area contributed by atoms with Gasteiger partial charge in [0.25, 0.3) is 0 Å². The number of aliphatic hydroxyl groups excluding tert-OH is 1. The lowest BCUT2D eigenvalue weighted by Crippen LogP contribution is -2.51. The number of aliphatic hydroxyl groups is 1. The van der Waals surface area contributed by atoms with E-state index in [1.165, 1.54) is 61.3 Å². The molecule has 1 heterocycles. The first-order chi connectivity index (χ1) is 15.4. The van der Waals surface area contributed by atoms with Crippen molar-refractivity contribution in [3.63, 3.8) is 0 Å². The van der Waals surface area contributed by atoms with Crippen molar-refractivity contribution < 1.29 is 5.11 Å². The minimum absolute atomic E-state index is 0.0975. The Labute approximate surface area is 203 Å². The number of hydrogen-bond acceptors (Lipinski definition) is 4.